The van der Waals surface area contributed by atoms with Crippen LogP contribution in [0, 0.1) is 10.1 Å². The third-order valence-electron chi connectivity index (χ3n) is 2.53. The van der Waals surface area contributed by atoms with Crippen molar-refractivity contribution in [1.82, 2.24) is 0 Å². The van der Waals surface area contributed by atoms with E-state index < -0.39 is 11.0 Å². The maximum Gasteiger partial charge on any atom is 0.283 e. The van der Waals surface area contributed by atoms with E-state index in [-0.39, 0.29) is 17.5 Å². The standard InChI is InChI=1S/C12H17NO4S/c1-8(5-6-14)18-12-4-3-10(9(2)15)7-11(12)13(16)17/h3-4,7-9,14-15H,5-6H2,1-2H3/t8?,9-/m0/s1. The van der Waals surface area contributed by atoms with Crippen LogP contribution in [0.5, 0.6) is 0 Å². The SMILES string of the molecule is CC(CCO)Sc1ccc([C@H](C)O)cc1[N+](=O)[O-]. The molecule has 0 heterocycles. The van der Waals surface area contributed by atoms with E-state index >= 15 is 0 Å². The van der Waals surface area contributed by atoms with E-state index in [1.165, 1.54) is 17.8 Å². The second-order valence-corrected chi connectivity index (χ2v) is 5.58. The van der Waals surface area contributed by atoms with Gasteiger partial charge in [-0.25, -0.2) is 0 Å². The number of hydrogen-bond donors (Lipinski definition) is 2. The van der Waals surface area contributed by atoms with Crippen molar-refractivity contribution >= 4 is 17.4 Å². The third-order valence-corrected chi connectivity index (χ3v) is 3.76. The van der Waals surface area contributed by atoms with Crippen LogP contribution in [0.4, 0.5) is 5.69 Å². The van der Waals surface area contributed by atoms with Crippen molar-refractivity contribution in [2.24, 2.45) is 0 Å². The predicted molar refractivity (Wildman–Crippen MR) is 70.8 cm³/mol. The average molecular weight is 271 g/mol. The molecule has 0 fully saturated rings. The molecule has 1 rings (SSSR count). The summed E-state index contributed by atoms with van der Waals surface area (Å²) in [5.41, 5.74) is 0.532. The molecule has 0 spiro atoms. The Kier molecular flexibility index (Phi) is 5.58. The monoisotopic (exact) mass is 271 g/mol. The number of nitro benzene ring substituents is 1. The van der Waals surface area contributed by atoms with Gasteiger partial charge in [0, 0.05) is 17.9 Å². The minimum absolute atomic E-state index is 0.00295. The van der Waals surface area contributed by atoms with Gasteiger partial charge >= 0.3 is 0 Å². The minimum atomic E-state index is -0.724. The van der Waals surface area contributed by atoms with E-state index in [2.05, 4.69) is 0 Å². The van der Waals surface area contributed by atoms with Crippen molar-refractivity contribution < 1.29 is 15.1 Å². The van der Waals surface area contributed by atoms with Crippen molar-refractivity contribution in [1.29, 1.82) is 0 Å². The second kappa shape index (κ2) is 6.72. The Labute approximate surface area is 110 Å². The predicted octanol–water partition coefficient (Wildman–Crippen LogP) is 2.51. The summed E-state index contributed by atoms with van der Waals surface area (Å²) in [6, 6.07) is 4.74. The molecular weight excluding hydrogens is 254 g/mol. The summed E-state index contributed by atoms with van der Waals surface area (Å²) in [7, 11) is 0. The van der Waals surface area contributed by atoms with Crippen molar-refractivity contribution in [3.63, 3.8) is 0 Å². The molecule has 100 valence electrons. The van der Waals surface area contributed by atoms with Crippen LogP contribution in [-0.2, 0) is 0 Å². The Morgan fingerprint density at radius 3 is 2.61 bits per heavy atom. The first-order valence-electron chi connectivity index (χ1n) is 5.69. The van der Waals surface area contributed by atoms with Gasteiger partial charge in [0.25, 0.3) is 5.69 Å². The lowest BCUT2D eigenvalue weighted by molar-refractivity contribution is -0.387. The summed E-state index contributed by atoms with van der Waals surface area (Å²) in [5, 5.41) is 29.4. The first-order valence-corrected chi connectivity index (χ1v) is 6.57. The molecule has 0 aliphatic carbocycles. The molecule has 0 saturated heterocycles. The Bertz CT molecular complexity index is 423. The smallest absolute Gasteiger partial charge is 0.283 e. The van der Waals surface area contributed by atoms with Gasteiger partial charge in [0.2, 0.25) is 0 Å². The number of nitro groups is 1. The van der Waals surface area contributed by atoms with Crippen LogP contribution in [-0.4, -0.2) is 27.0 Å². The molecule has 0 saturated carbocycles. The molecule has 0 amide bonds. The van der Waals surface area contributed by atoms with Gasteiger partial charge in [0.15, 0.2) is 0 Å². The van der Waals surface area contributed by atoms with Crippen LogP contribution in [0.25, 0.3) is 0 Å². The summed E-state index contributed by atoms with van der Waals surface area (Å²) in [6.45, 7) is 3.54. The zero-order valence-corrected chi connectivity index (χ0v) is 11.2. The Morgan fingerprint density at radius 2 is 2.11 bits per heavy atom. The summed E-state index contributed by atoms with van der Waals surface area (Å²) >= 11 is 1.36. The highest BCUT2D eigenvalue weighted by atomic mass is 32.2. The number of benzene rings is 1. The van der Waals surface area contributed by atoms with Gasteiger partial charge in [-0.1, -0.05) is 13.0 Å². The van der Waals surface area contributed by atoms with E-state index in [1.807, 2.05) is 6.92 Å². The lowest BCUT2D eigenvalue weighted by Gasteiger charge is -2.11. The van der Waals surface area contributed by atoms with Gasteiger partial charge < -0.3 is 10.2 Å². The molecule has 0 aromatic heterocycles. The van der Waals surface area contributed by atoms with Gasteiger partial charge in [0.1, 0.15) is 0 Å². The van der Waals surface area contributed by atoms with Crippen molar-refractivity contribution in [3.05, 3.63) is 33.9 Å². The molecule has 0 radical (unpaired) electrons. The van der Waals surface area contributed by atoms with Crippen LogP contribution in [0.2, 0.25) is 0 Å². The van der Waals surface area contributed by atoms with Crippen LogP contribution in [0.1, 0.15) is 31.9 Å². The van der Waals surface area contributed by atoms with Crippen molar-refractivity contribution in [2.45, 2.75) is 36.5 Å². The molecule has 1 aromatic carbocycles. The molecular formula is C12H17NO4S. The van der Waals surface area contributed by atoms with Crippen LogP contribution < -0.4 is 0 Å². The van der Waals surface area contributed by atoms with E-state index in [4.69, 9.17) is 5.11 Å². The van der Waals surface area contributed by atoms with E-state index in [1.54, 1.807) is 19.1 Å². The molecule has 5 nitrogen and oxygen atoms in total. The molecule has 2 N–H and O–H groups in total. The first kappa shape index (κ1) is 14.9. The minimum Gasteiger partial charge on any atom is -0.396 e. The van der Waals surface area contributed by atoms with Crippen molar-refractivity contribution in [2.75, 3.05) is 6.61 Å². The quantitative estimate of drug-likeness (QED) is 0.472. The van der Waals surface area contributed by atoms with E-state index in [0.29, 0.717) is 16.9 Å². The maximum atomic E-state index is 11.0. The Hall–Kier alpha value is -1.11. The second-order valence-electron chi connectivity index (χ2n) is 4.10. The van der Waals surface area contributed by atoms with Crippen LogP contribution in [0.15, 0.2) is 23.1 Å². The molecule has 0 bridgehead atoms. The number of rotatable bonds is 6. The fourth-order valence-corrected chi connectivity index (χ4v) is 2.55. The molecule has 1 aromatic rings. The topological polar surface area (TPSA) is 83.6 Å². The number of nitrogens with zero attached hydrogens (tertiary/aromatic N) is 1. The number of thioether (sulfide) groups is 1. The Balaban J connectivity index is 3.00. The zero-order chi connectivity index (χ0) is 13.7. The molecule has 0 aliphatic heterocycles. The molecule has 18 heavy (non-hydrogen) atoms. The maximum absolute atomic E-state index is 11.0. The highest BCUT2D eigenvalue weighted by Crippen LogP contribution is 2.34. The first-order chi connectivity index (χ1) is 8.45. The normalized spacial score (nSPS) is 14.2. The highest BCUT2D eigenvalue weighted by molar-refractivity contribution is 8.00. The molecule has 2 atom stereocenters. The van der Waals surface area contributed by atoms with Gasteiger partial charge in [0.05, 0.1) is 15.9 Å². The third kappa shape index (κ3) is 3.97. The fraction of sp³-hybridized carbons (Fsp3) is 0.500. The van der Waals surface area contributed by atoms with Gasteiger partial charge in [-0.15, -0.1) is 11.8 Å². The fourth-order valence-electron chi connectivity index (χ4n) is 1.49. The summed E-state index contributed by atoms with van der Waals surface area (Å²) in [4.78, 5) is 11.1. The summed E-state index contributed by atoms with van der Waals surface area (Å²) in [5.74, 6) is 0. The van der Waals surface area contributed by atoms with Crippen LogP contribution in [0.3, 0.4) is 0 Å². The number of aliphatic hydroxyl groups excluding tert-OH is 2. The van der Waals surface area contributed by atoms with Gasteiger partial charge in [-0.3, -0.25) is 10.1 Å². The molecule has 1 unspecified atom stereocenters. The number of hydrogen-bond acceptors (Lipinski definition) is 5. The lowest BCUT2D eigenvalue weighted by atomic mass is 10.1. The molecule has 0 aliphatic rings. The highest BCUT2D eigenvalue weighted by Gasteiger charge is 2.18. The summed E-state index contributed by atoms with van der Waals surface area (Å²) < 4.78 is 0. The zero-order valence-electron chi connectivity index (χ0n) is 10.4. The van der Waals surface area contributed by atoms with Gasteiger partial charge in [-0.05, 0) is 25.0 Å². The average Bonchev–Trinajstić information content (AvgIpc) is 2.29. The van der Waals surface area contributed by atoms with Crippen LogP contribution >= 0.6 is 11.8 Å². The Morgan fingerprint density at radius 1 is 1.44 bits per heavy atom. The van der Waals surface area contributed by atoms with Crippen molar-refractivity contribution in [3.8, 4) is 0 Å². The van der Waals surface area contributed by atoms with E-state index in [0.717, 1.165) is 0 Å². The lowest BCUT2D eigenvalue weighted by Crippen LogP contribution is -2.01. The summed E-state index contributed by atoms with van der Waals surface area (Å²) in [6.07, 6.45) is -0.141. The van der Waals surface area contributed by atoms with Gasteiger partial charge in [-0.2, -0.15) is 0 Å². The number of aliphatic hydroxyl groups is 2. The molecule has 6 heteroatoms. The largest absolute Gasteiger partial charge is 0.396 e. The van der Waals surface area contributed by atoms with E-state index in [9.17, 15) is 15.2 Å².